The molecule has 1 aromatic carbocycles. The standard InChI is InChI=1S/C17H19N3O3/c1-3-6-14-9-13-7-4-5-8-16(13)20(14)19-11-15(23-17(19)22)10-18-12(2)21/h4-8,14-15H,1,9-11H2,2H3,(H,18,21). The molecule has 2 aliphatic rings. The van der Waals surface area contributed by atoms with Gasteiger partial charge in [0.05, 0.1) is 24.8 Å². The number of ether oxygens (including phenoxy) is 1. The van der Waals surface area contributed by atoms with E-state index in [0.717, 1.165) is 12.1 Å². The van der Waals surface area contributed by atoms with Crippen LogP contribution in [0.4, 0.5) is 10.5 Å². The molecule has 6 nitrogen and oxygen atoms in total. The van der Waals surface area contributed by atoms with Crippen molar-refractivity contribution >= 4 is 17.7 Å². The smallest absolute Gasteiger partial charge is 0.429 e. The van der Waals surface area contributed by atoms with Gasteiger partial charge in [-0.05, 0) is 17.7 Å². The number of nitrogens with zero attached hydrogens (tertiary/aromatic N) is 2. The molecule has 2 amide bonds. The maximum Gasteiger partial charge on any atom is 0.429 e. The first-order chi connectivity index (χ1) is 11.1. The molecule has 0 aliphatic carbocycles. The topological polar surface area (TPSA) is 61.9 Å². The number of rotatable bonds is 4. The first-order valence-corrected chi connectivity index (χ1v) is 7.55. The Balaban J connectivity index is 1.82. The average molecular weight is 313 g/mol. The molecule has 3 rings (SSSR count). The van der Waals surface area contributed by atoms with Crippen LogP contribution < -0.4 is 10.3 Å². The number of para-hydroxylation sites is 1. The van der Waals surface area contributed by atoms with Gasteiger partial charge in [0.1, 0.15) is 6.10 Å². The Morgan fingerprint density at radius 3 is 3.04 bits per heavy atom. The molecule has 2 aliphatic heterocycles. The summed E-state index contributed by atoms with van der Waals surface area (Å²) in [7, 11) is 0. The van der Waals surface area contributed by atoms with E-state index in [-0.39, 0.29) is 18.1 Å². The lowest BCUT2D eigenvalue weighted by Crippen LogP contribution is -2.47. The van der Waals surface area contributed by atoms with Gasteiger partial charge in [0.2, 0.25) is 5.91 Å². The summed E-state index contributed by atoms with van der Waals surface area (Å²) in [6.45, 7) is 5.79. The average Bonchev–Trinajstić information content (AvgIpc) is 3.05. The van der Waals surface area contributed by atoms with Crippen LogP contribution in [-0.2, 0) is 16.0 Å². The van der Waals surface area contributed by atoms with Crippen LogP contribution >= 0.6 is 0 Å². The van der Waals surface area contributed by atoms with Gasteiger partial charge in [0, 0.05) is 13.3 Å². The zero-order valence-corrected chi connectivity index (χ0v) is 13.0. The third kappa shape index (κ3) is 2.94. The second-order valence-electron chi connectivity index (χ2n) is 5.64. The van der Waals surface area contributed by atoms with Crippen LogP contribution in [0.2, 0.25) is 0 Å². The first-order valence-electron chi connectivity index (χ1n) is 7.55. The van der Waals surface area contributed by atoms with E-state index in [9.17, 15) is 9.59 Å². The fourth-order valence-corrected chi connectivity index (χ4v) is 3.02. The van der Waals surface area contributed by atoms with Crippen molar-refractivity contribution in [1.29, 1.82) is 0 Å². The first kappa shape index (κ1) is 15.2. The molecule has 0 saturated carbocycles. The Morgan fingerprint density at radius 1 is 1.52 bits per heavy atom. The second-order valence-corrected chi connectivity index (χ2v) is 5.64. The lowest BCUT2D eigenvalue weighted by molar-refractivity contribution is -0.119. The van der Waals surface area contributed by atoms with Gasteiger partial charge in [-0.15, -0.1) is 5.73 Å². The zero-order valence-electron chi connectivity index (χ0n) is 13.0. The van der Waals surface area contributed by atoms with Crippen molar-refractivity contribution in [3.63, 3.8) is 0 Å². The highest BCUT2D eigenvalue weighted by atomic mass is 16.6. The molecule has 0 aromatic heterocycles. The van der Waals surface area contributed by atoms with Crippen molar-refractivity contribution in [3.05, 3.63) is 48.2 Å². The maximum absolute atomic E-state index is 12.3. The van der Waals surface area contributed by atoms with E-state index in [1.165, 1.54) is 12.5 Å². The molecule has 120 valence electrons. The summed E-state index contributed by atoms with van der Waals surface area (Å²) in [5.74, 6) is -0.140. The van der Waals surface area contributed by atoms with Crippen LogP contribution in [0, 0.1) is 0 Å². The van der Waals surface area contributed by atoms with E-state index in [0.29, 0.717) is 13.1 Å². The van der Waals surface area contributed by atoms with E-state index in [4.69, 9.17) is 4.74 Å². The van der Waals surface area contributed by atoms with Crippen LogP contribution in [0.1, 0.15) is 12.5 Å². The Bertz CT molecular complexity index is 681. The number of anilines is 1. The zero-order chi connectivity index (χ0) is 16.4. The summed E-state index contributed by atoms with van der Waals surface area (Å²) in [5.41, 5.74) is 4.97. The number of amides is 2. The number of carbonyl (C=O) groups excluding carboxylic acids is 2. The van der Waals surface area contributed by atoms with Gasteiger partial charge in [0.25, 0.3) is 0 Å². The fourth-order valence-electron chi connectivity index (χ4n) is 3.02. The normalized spacial score (nSPS) is 22.4. The Kier molecular flexibility index (Phi) is 4.08. The minimum atomic E-state index is -0.403. The largest absolute Gasteiger partial charge is 0.441 e. The van der Waals surface area contributed by atoms with E-state index in [1.54, 1.807) is 5.01 Å². The number of hydrazine groups is 1. The van der Waals surface area contributed by atoms with Crippen LogP contribution in [0.5, 0.6) is 0 Å². The number of cyclic esters (lactones) is 1. The molecule has 1 aromatic rings. The van der Waals surface area contributed by atoms with Crippen molar-refractivity contribution in [2.75, 3.05) is 18.1 Å². The molecule has 2 heterocycles. The molecule has 1 saturated heterocycles. The maximum atomic E-state index is 12.3. The molecular weight excluding hydrogens is 294 g/mol. The molecule has 0 radical (unpaired) electrons. The van der Waals surface area contributed by atoms with Gasteiger partial charge >= 0.3 is 6.09 Å². The highest BCUT2D eigenvalue weighted by Gasteiger charge is 2.41. The van der Waals surface area contributed by atoms with Crippen molar-refractivity contribution in [2.45, 2.75) is 25.5 Å². The quantitative estimate of drug-likeness (QED) is 0.858. The number of carbonyl (C=O) groups is 2. The third-order valence-electron chi connectivity index (χ3n) is 3.99. The molecular formula is C17H19N3O3. The van der Waals surface area contributed by atoms with E-state index >= 15 is 0 Å². The molecule has 0 bridgehead atoms. The molecule has 23 heavy (non-hydrogen) atoms. The monoisotopic (exact) mass is 313 g/mol. The van der Waals surface area contributed by atoms with Crippen molar-refractivity contribution in [2.24, 2.45) is 0 Å². The number of benzene rings is 1. The lowest BCUT2D eigenvalue weighted by Gasteiger charge is -2.32. The summed E-state index contributed by atoms with van der Waals surface area (Å²) in [4.78, 5) is 23.3. The number of hydrogen-bond acceptors (Lipinski definition) is 4. The molecule has 2 atom stereocenters. The van der Waals surface area contributed by atoms with Crippen molar-refractivity contribution in [1.82, 2.24) is 10.3 Å². The molecule has 6 heteroatoms. The molecule has 2 unspecified atom stereocenters. The van der Waals surface area contributed by atoms with Gasteiger partial charge in [-0.3, -0.25) is 9.80 Å². The SMILES string of the molecule is C=C=CC1Cc2ccccc2N1N1CC(CNC(C)=O)OC1=O. The minimum absolute atomic E-state index is 0.0167. The van der Waals surface area contributed by atoms with Crippen LogP contribution in [-0.4, -0.2) is 42.2 Å². The second kappa shape index (κ2) is 6.18. The lowest BCUT2D eigenvalue weighted by atomic mass is 10.1. The minimum Gasteiger partial charge on any atom is -0.441 e. The predicted molar refractivity (Wildman–Crippen MR) is 85.8 cm³/mol. The molecule has 1 N–H and O–H groups in total. The summed E-state index contributed by atoms with van der Waals surface area (Å²) in [5, 5.41) is 6.21. The summed E-state index contributed by atoms with van der Waals surface area (Å²) in [6.07, 6.45) is 1.89. The molecule has 1 fully saturated rings. The summed E-state index contributed by atoms with van der Waals surface area (Å²) in [6, 6.07) is 7.95. The number of fused-ring (bicyclic) bond motifs is 1. The van der Waals surface area contributed by atoms with Crippen LogP contribution in [0.25, 0.3) is 0 Å². The van der Waals surface area contributed by atoms with Crippen LogP contribution in [0.15, 0.2) is 42.7 Å². The molecule has 0 spiro atoms. The summed E-state index contributed by atoms with van der Waals surface area (Å²) < 4.78 is 5.36. The van der Waals surface area contributed by atoms with E-state index in [1.807, 2.05) is 29.3 Å². The fraction of sp³-hybridized carbons (Fsp3) is 0.353. The number of hydrogen-bond donors (Lipinski definition) is 1. The predicted octanol–water partition coefficient (Wildman–Crippen LogP) is 1.63. The van der Waals surface area contributed by atoms with Gasteiger partial charge in [0.15, 0.2) is 0 Å². The third-order valence-corrected chi connectivity index (χ3v) is 3.99. The Hall–Kier alpha value is -2.72. The van der Waals surface area contributed by atoms with Gasteiger partial charge in [-0.1, -0.05) is 24.8 Å². The Morgan fingerprint density at radius 2 is 2.30 bits per heavy atom. The number of nitrogens with one attached hydrogen (secondary N) is 1. The van der Waals surface area contributed by atoms with Gasteiger partial charge < -0.3 is 10.1 Å². The van der Waals surface area contributed by atoms with Gasteiger partial charge in [-0.2, -0.15) is 0 Å². The van der Waals surface area contributed by atoms with Crippen molar-refractivity contribution < 1.29 is 14.3 Å². The van der Waals surface area contributed by atoms with E-state index < -0.39 is 6.09 Å². The van der Waals surface area contributed by atoms with Crippen molar-refractivity contribution in [3.8, 4) is 0 Å². The van der Waals surface area contributed by atoms with Gasteiger partial charge in [-0.25, -0.2) is 9.80 Å². The van der Waals surface area contributed by atoms with E-state index in [2.05, 4.69) is 23.7 Å². The van der Waals surface area contributed by atoms with Crippen LogP contribution in [0.3, 0.4) is 0 Å². The highest BCUT2D eigenvalue weighted by molar-refractivity contribution is 5.75. The Labute approximate surface area is 135 Å². The summed E-state index contributed by atoms with van der Waals surface area (Å²) >= 11 is 0. The highest BCUT2D eigenvalue weighted by Crippen LogP contribution is 2.35.